The van der Waals surface area contributed by atoms with E-state index < -0.39 is 0 Å². The molecule has 92 valence electrons. The molecule has 0 spiro atoms. The standard InChI is InChI=1S/C16H23N/c1-2-3-4-7-12-17-13-10-15-8-5-6-9-16(15)11-14-17/h2,5-6,8-9H,1,3-4,7,10-14H2. The van der Waals surface area contributed by atoms with Crippen molar-refractivity contribution in [1.82, 2.24) is 4.90 Å². The Balaban J connectivity index is 1.80. The van der Waals surface area contributed by atoms with Crippen molar-refractivity contribution in [2.24, 2.45) is 0 Å². The van der Waals surface area contributed by atoms with E-state index in [0.717, 1.165) is 6.42 Å². The highest BCUT2D eigenvalue weighted by molar-refractivity contribution is 5.28. The van der Waals surface area contributed by atoms with Crippen LogP contribution in [0.1, 0.15) is 30.4 Å². The number of fused-ring (bicyclic) bond motifs is 1. The largest absolute Gasteiger partial charge is 0.303 e. The molecule has 0 atom stereocenters. The van der Waals surface area contributed by atoms with Gasteiger partial charge in [-0.05, 0) is 49.8 Å². The van der Waals surface area contributed by atoms with Crippen LogP contribution in [-0.2, 0) is 12.8 Å². The van der Waals surface area contributed by atoms with Gasteiger partial charge in [0.25, 0.3) is 0 Å². The first-order chi connectivity index (χ1) is 8.40. The van der Waals surface area contributed by atoms with Crippen molar-refractivity contribution in [3.8, 4) is 0 Å². The maximum absolute atomic E-state index is 3.77. The van der Waals surface area contributed by atoms with Crippen LogP contribution in [0.25, 0.3) is 0 Å². The van der Waals surface area contributed by atoms with E-state index in [1.165, 1.54) is 45.3 Å². The highest BCUT2D eigenvalue weighted by Crippen LogP contribution is 2.15. The lowest BCUT2D eigenvalue weighted by Crippen LogP contribution is -2.27. The minimum Gasteiger partial charge on any atom is -0.303 e. The Kier molecular flexibility index (Phi) is 4.81. The van der Waals surface area contributed by atoms with Gasteiger partial charge in [-0.25, -0.2) is 0 Å². The first-order valence-corrected chi connectivity index (χ1v) is 6.80. The number of hydrogen-bond acceptors (Lipinski definition) is 1. The molecule has 0 radical (unpaired) electrons. The monoisotopic (exact) mass is 229 g/mol. The fraction of sp³-hybridized carbons (Fsp3) is 0.500. The molecule has 17 heavy (non-hydrogen) atoms. The number of allylic oxidation sites excluding steroid dienone is 1. The topological polar surface area (TPSA) is 3.24 Å². The third-order valence-corrected chi connectivity index (χ3v) is 3.65. The van der Waals surface area contributed by atoms with E-state index in [1.807, 2.05) is 6.08 Å². The summed E-state index contributed by atoms with van der Waals surface area (Å²) < 4.78 is 0. The molecule has 0 fully saturated rings. The van der Waals surface area contributed by atoms with Crippen LogP contribution in [-0.4, -0.2) is 24.5 Å². The molecule has 0 bridgehead atoms. The maximum atomic E-state index is 3.77. The Morgan fingerprint density at radius 2 is 1.71 bits per heavy atom. The van der Waals surface area contributed by atoms with Gasteiger partial charge < -0.3 is 4.90 Å². The van der Waals surface area contributed by atoms with Crippen LogP contribution in [0, 0.1) is 0 Å². The first kappa shape index (κ1) is 12.4. The molecule has 1 aliphatic rings. The van der Waals surface area contributed by atoms with Crippen LogP contribution in [0.4, 0.5) is 0 Å². The summed E-state index contributed by atoms with van der Waals surface area (Å²) in [6, 6.07) is 8.91. The minimum absolute atomic E-state index is 1.16. The average Bonchev–Trinajstić information content (AvgIpc) is 2.58. The van der Waals surface area contributed by atoms with E-state index in [9.17, 15) is 0 Å². The van der Waals surface area contributed by atoms with Gasteiger partial charge in [-0.3, -0.25) is 0 Å². The van der Waals surface area contributed by atoms with Gasteiger partial charge in [0, 0.05) is 13.1 Å². The fourth-order valence-electron chi connectivity index (χ4n) is 2.56. The Hall–Kier alpha value is -1.08. The predicted octanol–water partition coefficient (Wildman–Crippen LogP) is 3.44. The van der Waals surface area contributed by atoms with Crippen molar-refractivity contribution in [3.63, 3.8) is 0 Å². The molecule has 0 saturated heterocycles. The first-order valence-electron chi connectivity index (χ1n) is 6.80. The van der Waals surface area contributed by atoms with Gasteiger partial charge in [0.15, 0.2) is 0 Å². The Morgan fingerprint density at radius 3 is 2.29 bits per heavy atom. The highest BCUT2D eigenvalue weighted by Gasteiger charge is 2.12. The van der Waals surface area contributed by atoms with Crippen LogP contribution in [0.5, 0.6) is 0 Å². The quantitative estimate of drug-likeness (QED) is 0.552. The molecular weight excluding hydrogens is 206 g/mol. The fourth-order valence-corrected chi connectivity index (χ4v) is 2.56. The molecule has 0 unspecified atom stereocenters. The molecule has 1 aliphatic heterocycles. The van der Waals surface area contributed by atoms with Gasteiger partial charge in [-0.15, -0.1) is 6.58 Å². The van der Waals surface area contributed by atoms with E-state index in [2.05, 4.69) is 35.7 Å². The molecule has 0 saturated carbocycles. The van der Waals surface area contributed by atoms with Crippen molar-refractivity contribution >= 4 is 0 Å². The van der Waals surface area contributed by atoms with E-state index in [1.54, 1.807) is 11.1 Å². The lowest BCUT2D eigenvalue weighted by atomic mass is 10.0. The van der Waals surface area contributed by atoms with Crippen LogP contribution >= 0.6 is 0 Å². The number of unbranched alkanes of at least 4 members (excludes halogenated alkanes) is 2. The summed E-state index contributed by atoms with van der Waals surface area (Å²) >= 11 is 0. The van der Waals surface area contributed by atoms with Gasteiger partial charge >= 0.3 is 0 Å². The SMILES string of the molecule is C=CCCCCN1CCc2ccccc2CC1. The molecule has 0 amide bonds. The zero-order valence-corrected chi connectivity index (χ0v) is 10.7. The van der Waals surface area contributed by atoms with Crippen molar-refractivity contribution in [1.29, 1.82) is 0 Å². The third kappa shape index (κ3) is 3.71. The summed E-state index contributed by atoms with van der Waals surface area (Å²) in [7, 11) is 0. The zero-order valence-electron chi connectivity index (χ0n) is 10.7. The lowest BCUT2D eigenvalue weighted by molar-refractivity contribution is 0.281. The number of benzene rings is 1. The molecule has 2 rings (SSSR count). The van der Waals surface area contributed by atoms with Crippen molar-refractivity contribution < 1.29 is 0 Å². The summed E-state index contributed by atoms with van der Waals surface area (Å²) in [6.07, 6.45) is 8.22. The van der Waals surface area contributed by atoms with Gasteiger partial charge in [0.2, 0.25) is 0 Å². The second-order valence-corrected chi connectivity index (χ2v) is 4.89. The van der Waals surface area contributed by atoms with E-state index in [-0.39, 0.29) is 0 Å². The number of rotatable bonds is 5. The van der Waals surface area contributed by atoms with Crippen molar-refractivity contribution in [2.75, 3.05) is 19.6 Å². The Labute approximate surface area is 105 Å². The number of hydrogen-bond donors (Lipinski definition) is 0. The second kappa shape index (κ2) is 6.61. The summed E-state index contributed by atoms with van der Waals surface area (Å²) in [5.41, 5.74) is 3.11. The molecular formula is C16H23N. The van der Waals surface area contributed by atoms with Gasteiger partial charge in [-0.1, -0.05) is 30.3 Å². The molecule has 0 aliphatic carbocycles. The van der Waals surface area contributed by atoms with E-state index in [0.29, 0.717) is 0 Å². The predicted molar refractivity (Wildman–Crippen MR) is 74.3 cm³/mol. The van der Waals surface area contributed by atoms with Crippen molar-refractivity contribution in [2.45, 2.75) is 32.1 Å². The van der Waals surface area contributed by atoms with E-state index >= 15 is 0 Å². The molecule has 1 aromatic carbocycles. The summed E-state index contributed by atoms with van der Waals surface area (Å²) in [4.78, 5) is 2.61. The Morgan fingerprint density at radius 1 is 1.06 bits per heavy atom. The highest BCUT2D eigenvalue weighted by atomic mass is 15.1. The normalized spacial score (nSPS) is 16.2. The maximum Gasteiger partial charge on any atom is 0.00221 e. The molecule has 1 nitrogen and oxygen atoms in total. The van der Waals surface area contributed by atoms with Crippen LogP contribution in [0.2, 0.25) is 0 Å². The summed E-state index contributed by atoms with van der Waals surface area (Å²) in [5.74, 6) is 0. The van der Waals surface area contributed by atoms with Crippen molar-refractivity contribution in [3.05, 3.63) is 48.0 Å². The second-order valence-electron chi connectivity index (χ2n) is 4.89. The van der Waals surface area contributed by atoms with Gasteiger partial charge in [-0.2, -0.15) is 0 Å². The molecule has 0 N–H and O–H groups in total. The van der Waals surface area contributed by atoms with Gasteiger partial charge in [0.1, 0.15) is 0 Å². The summed E-state index contributed by atoms with van der Waals surface area (Å²) in [6.45, 7) is 7.48. The van der Waals surface area contributed by atoms with Crippen LogP contribution in [0.3, 0.4) is 0 Å². The molecule has 1 heterocycles. The average molecular weight is 229 g/mol. The minimum atomic E-state index is 1.16. The zero-order chi connectivity index (χ0) is 11.9. The van der Waals surface area contributed by atoms with Crippen LogP contribution in [0.15, 0.2) is 36.9 Å². The summed E-state index contributed by atoms with van der Waals surface area (Å²) in [5, 5.41) is 0. The lowest BCUT2D eigenvalue weighted by Gasteiger charge is -2.19. The molecule has 1 aromatic rings. The third-order valence-electron chi connectivity index (χ3n) is 3.65. The van der Waals surface area contributed by atoms with E-state index in [4.69, 9.17) is 0 Å². The van der Waals surface area contributed by atoms with Gasteiger partial charge in [0.05, 0.1) is 0 Å². The molecule has 1 heteroatoms. The number of nitrogens with zero attached hydrogens (tertiary/aromatic N) is 1. The smallest absolute Gasteiger partial charge is 0.00221 e. The Bertz CT molecular complexity index is 329. The molecule has 0 aromatic heterocycles. The van der Waals surface area contributed by atoms with Crippen LogP contribution < -0.4 is 0 Å².